The van der Waals surface area contributed by atoms with Gasteiger partial charge in [-0.25, -0.2) is 4.79 Å². The molecule has 0 spiro atoms. The van der Waals surface area contributed by atoms with Crippen LogP contribution >= 0.6 is 0 Å². The van der Waals surface area contributed by atoms with Crippen LogP contribution in [0.5, 0.6) is 0 Å². The number of carbonyl (C=O) groups is 3. The van der Waals surface area contributed by atoms with Gasteiger partial charge in [0.15, 0.2) is 11.9 Å². The summed E-state index contributed by atoms with van der Waals surface area (Å²) in [6.45, 7) is 3.21. The number of ketones is 1. The first-order valence-electron chi connectivity index (χ1n) is 8.37. The summed E-state index contributed by atoms with van der Waals surface area (Å²) in [5, 5.41) is 8.57. The number of benzene rings is 1. The standard InChI is InChI=1S/C20H20N2O5/c1-13(23)15-5-7-16(8-6-15)17-9-10-18(27-17)20(25)26-14(2)19(24)22(3)12-4-11-21/h5-10,14H,4,12H2,1-3H3/t14-/m1/s1. The van der Waals surface area contributed by atoms with Crippen LogP contribution in [0.3, 0.4) is 0 Å². The Hall–Kier alpha value is -3.40. The highest BCUT2D eigenvalue weighted by molar-refractivity contribution is 5.94. The van der Waals surface area contributed by atoms with Gasteiger partial charge >= 0.3 is 5.97 Å². The van der Waals surface area contributed by atoms with Crippen LogP contribution in [0.15, 0.2) is 40.8 Å². The second-order valence-corrected chi connectivity index (χ2v) is 6.01. The third-order valence-corrected chi connectivity index (χ3v) is 3.95. The highest BCUT2D eigenvalue weighted by atomic mass is 16.6. The minimum absolute atomic E-state index is 0.0278. The molecule has 7 nitrogen and oxygen atoms in total. The topological polar surface area (TPSA) is 101 Å². The van der Waals surface area contributed by atoms with Crippen LogP contribution in [-0.4, -0.2) is 42.3 Å². The second-order valence-electron chi connectivity index (χ2n) is 6.01. The van der Waals surface area contributed by atoms with Crippen LogP contribution in [-0.2, 0) is 9.53 Å². The lowest BCUT2D eigenvalue weighted by atomic mass is 10.1. The number of furan rings is 1. The Morgan fingerprint density at radius 1 is 1.19 bits per heavy atom. The molecular formula is C20H20N2O5. The average molecular weight is 368 g/mol. The van der Waals surface area contributed by atoms with E-state index in [1.807, 2.05) is 6.07 Å². The van der Waals surface area contributed by atoms with Gasteiger partial charge in [0, 0.05) is 24.7 Å². The predicted octanol–water partition coefficient (Wildman–Crippen LogP) is 3.07. The number of Topliss-reactive ketones (excluding diaryl/α,β-unsaturated/α-hetero) is 1. The lowest BCUT2D eigenvalue weighted by Crippen LogP contribution is -2.37. The number of carbonyl (C=O) groups excluding carboxylic acids is 3. The molecule has 0 aliphatic heterocycles. The average Bonchev–Trinajstić information content (AvgIpc) is 3.15. The summed E-state index contributed by atoms with van der Waals surface area (Å²) in [6.07, 6.45) is -0.794. The molecule has 2 aromatic rings. The lowest BCUT2D eigenvalue weighted by Gasteiger charge is -2.20. The smallest absolute Gasteiger partial charge is 0.375 e. The van der Waals surface area contributed by atoms with Gasteiger partial charge in [0.2, 0.25) is 5.76 Å². The first-order valence-corrected chi connectivity index (χ1v) is 8.37. The fourth-order valence-corrected chi connectivity index (χ4v) is 2.38. The van der Waals surface area contributed by atoms with E-state index in [-0.39, 0.29) is 24.5 Å². The molecule has 1 heterocycles. The number of nitrogens with zero attached hydrogens (tertiary/aromatic N) is 2. The van der Waals surface area contributed by atoms with Gasteiger partial charge in [-0.1, -0.05) is 24.3 Å². The second kappa shape index (κ2) is 8.81. The number of ether oxygens (including phenoxy) is 1. The van der Waals surface area contributed by atoms with Crippen molar-refractivity contribution in [2.45, 2.75) is 26.4 Å². The van der Waals surface area contributed by atoms with Gasteiger partial charge in [0.05, 0.1) is 12.5 Å². The van der Waals surface area contributed by atoms with Gasteiger partial charge in [0.1, 0.15) is 5.76 Å². The quantitative estimate of drug-likeness (QED) is 0.550. The number of hydrogen-bond acceptors (Lipinski definition) is 6. The molecule has 140 valence electrons. The molecule has 7 heteroatoms. The molecule has 0 saturated heterocycles. The van der Waals surface area contributed by atoms with Crippen LogP contribution in [0.1, 0.15) is 41.2 Å². The van der Waals surface area contributed by atoms with E-state index in [2.05, 4.69) is 0 Å². The van der Waals surface area contributed by atoms with Crippen LogP contribution in [0.4, 0.5) is 0 Å². The summed E-state index contributed by atoms with van der Waals surface area (Å²) >= 11 is 0. The van der Waals surface area contributed by atoms with E-state index in [0.29, 0.717) is 16.9 Å². The molecule has 0 unspecified atom stereocenters. The van der Waals surface area contributed by atoms with Gasteiger partial charge in [-0.15, -0.1) is 0 Å². The van der Waals surface area contributed by atoms with E-state index < -0.39 is 18.0 Å². The molecule has 1 amide bonds. The Bertz CT molecular complexity index is 877. The van der Waals surface area contributed by atoms with Gasteiger partial charge < -0.3 is 14.1 Å². The van der Waals surface area contributed by atoms with Crippen molar-refractivity contribution in [3.05, 3.63) is 47.7 Å². The zero-order valence-electron chi connectivity index (χ0n) is 15.4. The molecule has 27 heavy (non-hydrogen) atoms. The summed E-state index contributed by atoms with van der Waals surface area (Å²) in [4.78, 5) is 37.0. The van der Waals surface area contributed by atoms with Crippen LogP contribution in [0.25, 0.3) is 11.3 Å². The number of likely N-dealkylation sites (N-methyl/N-ethyl adjacent to an activating group) is 1. The molecule has 0 saturated carbocycles. The van der Waals surface area contributed by atoms with E-state index >= 15 is 0 Å². The first-order chi connectivity index (χ1) is 12.8. The molecule has 0 aliphatic carbocycles. The van der Waals surface area contributed by atoms with Crippen molar-refractivity contribution in [1.82, 2.24) is 4.90 Å². The fraction of sp³-hybridized carbons (Fsp3) is 0.300. The number of amides is 1. The highest BCUT2D eigenvalue weighted by Crippen LogP contribution is 2.23. The van der Waals surface area contributed by atoms with Crippen molar-refractivity contribution in [2.75, 3.05) is 13.6 Å². The SMILES string of the molecule is CC(=O)c1ccc(-c2ccc(C(=O)O[C@H](C)C(=O)N(C)CCC#N)o2)cc1. The molecule has 2 rings (SSSR count). The first kappa shape index (κ1) is 19.9. The van der Waals surface area contributed by atoms with Crippen molar-refractivity contribution in [2.24, 2.45) is 0 Å². The van der Waals surface area contributed by atoms with Gasteiger partial charge in [-0.3, -0.25) is 9.59 Å². The van der Waals surface area contributed by atoms with Crippen LogP contribution in [0, 0.1) is 11.3 Å². The molecule has 1 aromatic carbocycles. The van der Waals surface area contributed by atoms with E-state index in [9.17, 15) is 14.4 Å². The Morgan fingerprint density at radius 3 is 2.44 bits per heavy atom. The minimum Gasteiger partial charge on any atom is -0.449 e. The number of nitriles is 1. The largest absolute Gasteiger partial charge is 0.449 e. The maximum Gasteiger partial charge on any atom is 0.375 e. The molecule has 1 aromatic heterocycles. The molecule has 0 bridgehead atoms. The Morgan fingerprint density at radius 2 is 1.85 bits per heavy atom. The van der Waals surface area contributed by atoms with E-state index in [4.69, 9.17) is 14.4 Å². The zero-order valence-corrected chi connectivity index (χ0v) is 15.4. The lowest BCUT2D eigenvalue weighted by molar-refractivity contribution is -0.138. The van der Waals surface area contributed by atoms with Crippen molar-refractivity contribution < 1.29 is 23.5 Å². The minimum atomic E-state index is -0.996. The zero-order chi connectivity index (χ0) is 20.0. The number of hydrogen-bond donors (Lipinski definition) is 0. The summed E-state index contributed by atoms with van der Waals surface area (Å²) in [5.74, 6) is -0.771. The van der Waals surface area contributed by atoms with Crippen molar-refractivity contribution in [1.29, 1.82) is 5.26 Å². The van der Waals surface area contributed by atoms with Crippen LogP contribution in [0.2, 0.25) is 0 Å². The third kappa shape index (κ3) is 5.05. The fourth-order valence-electron chi connectivity index (χ4n) is 2.38. The van der Waals surface area contributed by atoms with Gasteiger partial charge in [-0.2, -0.15) is 5.26 Å². The van der Waals surface area contributed by atoms with E-state index in [1.54, 1.807) is 37.4 Å². The molecule has 0 aliphatic rings. The van der Waals surface area contributed by atoms with Crippen LogP contribution < -0.4 is 0 Å². The maximum atomic E-state index is 12.2. The normalized spacial score (nSPS) is 11.3. The summed E-state index contributed by atoms with van der Waals surface area (Å²) < 4.78 is 10.7. The number of rotatable bonds is 7. The molecule has 0 fully saturated rings. The number of esters is 1. The Kier molecular flexibility index (Phi) is 6.50. The van der Waals surface area contributed by atoms with E-state index in [0.717, 1.165) is 0 Å². The van der Waals surface area contributed by atoms with Gasteiger partial charge in [0.25, 0.3) is 5.91 Å². The molecule has 0 N–H and O–H groups in total. The van der Waals surface area contributed by atoms with Crippen molar-refractivity contribution in [3.63, 3.8) is 0 Å². The third-order valence-electron chi connectivity index (χ3n) is 3.95. The molecule has 1 atom stereocenters. The predicted molar refractivity (Wildman–Crippen MR) is 96.9 cm³/mol. The highest BCUT2D eigenvalue weighted by Gasteiger charge is 2.23. The maximum absolute atomic E-state index is 12.2. The van der Waals surface area contributed by atoms with E-state index in [1.165, 1.54) is 24.8 Å². The Labute approximate surface area is 157 Å². The molecule has 0 radical (unpaired) electrons. The Balaban J connectivity index is 2.03. The van der Waals surface area contributed by atoms with Crippen molar-refractivity contribution >= 4 is 17.7 Å². The summed E-state index contributed by atoms with van der Waals surface area (Å²) in [7, 11) is 1.54. The summed E-state index contributed by atoms with van der Waals surface area (Å²) in [5.41, 5.74) is 1.29. The van der Waals surface area contributed by atoms with Gasteiger partial charge in [-0.05, 0) is 26.0 Å². The van der Waals surface area contributed by atoms with Crippen molar-refractivity contribution in [3.8, 4) is 17.4 Å². The monoisotopic (exact) mass is 368 g/mol. The summed E-state index contributed by atoms with van der Waals surface area (Å²) in [6, 6.07) is 11.8. The molecular weight excluding hydrogens is 348 g/mol.